The largest absolute Gasteiger partial charge is 0.439 e. The van der Waals surface area contributed by atoms with Gasteiger partial charge in [0.05, 0.1) is 0 Å². The summed E-state index contributed by atoms with van der Waals surface area (Å²) in [6.07, 6.45) is 9.86. The zero-order valence-corrected chi connectivity index (χ0v) is 20.9. The Balaban J connectivity index is 2.30. The number of halogens is 2. The van der Waals surface area contributed by atoms with Gasteiger partial charge in [-0.05, 0) is 50.5 Å². The van der Waals surface area contributed by atoms with Gasteiger partial charge in [-0.25, -0.2) is 4.79 Å². The van der Waals surface area contributed by atoms with Crippen LogP contribution in [0.2, 0.25) is 5.02 Å². The quantitative estimate of drug-likeness (QED) is 0.360. The number of fused-ring (bicyclic) bond motifs is 1. The van der Waals surface area contributed by atoms with Crippen molar-refractivity contribution in [3.8, 4) is 11.3 Å². The first kappa shape index (κ1) is 26.8. The number of allylic oxidation sites excluding steroid dienone is 6. The zero-order chi connectivity index (χ0) is 25.4. The SMILES string of the molecule is C\C=C/C(Cl)=C\C=C\Cc1c(-c2cccc(Cl)c2)oc2c1c(=O)n(CCCO)c(=O)n2CCCO. The van der Waals surface area contributed by atoms with Crippen LogP contribution in [0.1, 0.15) is 25.3 Å². The molecular formula is C26H28Cl2N2O5. The maximum absolute atomic E-state index is 13.5. The van der Waals surface area contributed by atoms with E-state index >= 15 is 0 Å². The van der Waals surface area contributed by atoms with E-state index in [0.29, 0.717) is 39.8 Å². The summed E-state index contributed by atoms with van der Waals surface area (Å²) in [5, 5.41) is 20.0. The number of rotatable bonds is 11. The second-order valence-corrected chi connectivity index (χ2v) is 8.70. The van der Waals surface area contributed by atoms with Crippen molar-refractivity contribution in [1.29, 1.82) is 0 Å². The standard InChI is InChI=1S/C26H28Cl2N2O5/c1-2-8-19(27)10-3-4-12-21-22-24(33)29(13-6-15-31)26(34)30(14-7-16-32)25(22)35-23(21)18-9-5-11-20(28)17-18/h2-5,8-11,17,31-32H,6-7,12-16H2,1H3/b4-3+,8-2-,19-10+. The molecule has 2 heterocycles. The van der Waals surface area contributed by atoms with Gasteiger partial charge in [0, 0.05) is 47.5 Å². The molecule has 0 saturated carbocycles. The Morgan fingerprint density at radius 1 is 1.11 bits per heavy atom. The highest BCUT2D eigenvalue weighted by molar-refractivity contribution is 6.31. The maximum atomic E-state index is 13.5. The van der Waals surface area contributed by atoms with E-state index in [-0.39, 0.29) is 43.8 Å². The van der Waals surface area contributed by atoms with Crippen molar-refractivity contribution in [2.75, 3.05) is 13.2 Å². The lowest BCUT2D eigenvalue weighted by molar-refractivity contribution is 0.273. The van der Waals surface area contributed by atoms with E-state index in [9.17, 15) is 19.8 Å². The van der Waals surface area contributed by atoms with Crippen LogP contribution in [-0.4, -0.2) is 32.6 Å². The van der Waals surface area contributed by atoms with Gasteiger partial charge in [-0.2, -0.15) is 0 Å². The molecule has 186 valence electrons. The number of aryl methyl sites for hydroxylation is 1. The number of furan rings is 1. The van der Waals surface area contributed by atoms with Crippen LogP contribution in [0, 0.1) is 0 Å². The predicted octanol–water partition coefficient (Wildman–Crippen LogP) is 4.64. The minimum absolute atomic E-state index is 0.0673. The van der Waals surface area contributed by atoms with Crippen LogP contribution in [-0.2, 0) is 19.5 Å². The topological polar surface area (TPSA) is 97.6 Å². The Bertz CT molecular complexity index is 1380. The molecule has 0 amide bonds. The summed E-state index contributed by atoms with van der Waals surface area (Å²) >= 11 is 12.3. The van der Waals surface area contributed by atoms with Crippen molar-refractivity contribution in [1.82, 2.24) is 9.13 Å². The van der Waals surface area contributed by atoms with Gasteiger partial charge in [-0.3, -0.25) is 13.9 Å². The molecule has 0 bridgehead atoms. The van der Waals surface area contributed by atoms with E-state index in [2.05, 4.69) is 0 Å². The Kier molecular flexibility index (Phi) is 9.74. The monoisotopic (exact) mass is 518 g/mol. The number of hydrogen-bond donors (Lipinski definition) is 2. The van der Waals surface area contributed by atoms with Crippen molar-refractivity contribution < 1.29 is 14.6 Å². The number of aliphatic hydroxyl groups excluding tert-OH is 2. The number of hydrogen-bond acceptors (Lipinski definition) is 5. The third-order valence-corrected chi connectivity index (χ3v) is 5.85. The Hall–Kier alpha value is -2.84. The molecule has 9 heteroatoms. The molecule has 2 aromatic heterocycles. The van der Waals surface area contributed by atoms with Crippen LogP contribution in [0.25, 0.3) is 22.4 Å². The summed E-state index contributed by atoms with van der Waals surface area (Å²) < 4.78 is 8.66. The fourth-order valence-corrected chi connectivity index (χ4v) is 4.18. The second-order valence-electron chi connectivity index (χ2n) is 7.83. The third kappa shape index (κ3) is 6.24. The van der Waals surface area contributed by atoms with Gasteiger partial charge in [0.15, 0.2) is 0 Å². The van der Waals surface area contributed by atoms with Crippen LogP contribution >= 0.6 is 23.2 Å². The van der Waals surface area contributed by atoms with Gasteiger partial charge < -0.3 is 14.6 Å². The van der Waals surface area contributed by atoms with Crippen molar-refractivity contribution in [2.45, 2.75) is 39.3 Å². The fraction of sp³-hybridized carbons (Fsp3) is 0.308. The smallest absolute Gasteiger partial charge is 0.333 e. The number of benzene rings is 1. The lowest BCUT2D eigenvalue weighted by Gasteiger charge is -2.10. The van der Waals surface area contributed by atoms with Crippen LogP contribution in [0.15, 0.2) is 73.7 Å². The average molecular weight is 519 g/mol. The molecule has 7 nitrogen and oxygen atoms in total. The van der Waals surface area contributed by atoms with Gasteiger partial charge >= 0.3 is 5.69 Å². The molecule has 0 aliphatic heterocycles. The third-order valence-electron chi connectivity index (χ3n) is 5.36. The minimum atomic E-state index is -0.543. The van der Waals surface area contributed by atoms with E-state index in [1.165, 1.54) is 4.57 Å². The molecule has 0 unspecified atom stereocenters. The van der Waals surface area contributed by atoms with E-state index in [1.54, 1.807) is 36.4 Å². The van der Waals surface area contributed by atoms with E-state index < -0.39 is 11.2 Å². The molecule has 0 radical (unpaired) electrons. The summed E-state index contributed by atoms with van der Waals surface area (Å²) in [5.41, 5.74) is 0.395. The Labute approximate surface area is 212 Å². The lowest BCUT2D eigenvalue weighted by atomic mass is 10.0. The summed E-state index contributed by atoms with van der Waals surface area (Å²) in [4.78, 5) is 26.7. The van der Waals surface area contributed by atoms with Gasteiger partial charge in [-0.1, -0.05) is 53.6 Å². The fourth-order valence-electron chi connectivity index (χ4n) is 3.79. The van der Waals surface area contributed by atoms with Crippen LogP contribution in [0.3, 0.4) is 0 Å². The van der Waals surface area contributed by atoms with E-state index in [4.69, 9.17) is 27.6 Å². The highest BCUT2D eigenvalue weighted by Crippen LogP contribution is 2.33. The van der Waals surface area contributed by atoms with Crippen molar-refractivity contribution in [3.05, 3.63) is 91.1 Å². The number of aromatic nitrogens is 2. The number of aliphatic hydroxyl groups is 2. The van der Waals surface area contributed by atoms with Crippen LogP contribution in [0.5, 0.6) is 0 Å². The molecule has 3 aromatic rings. The van der Waals surface area contributed by atoms with Crippen molar-refractivity contribution >= 4 is 34.3 Å². The van der Waals surface area contributed by atoms with Gasteiger partial charge in [-0.15, -0.1) is 0 Å². The second kappa shape index (κ2) is 12.7. The molecule has 0 aliphatic carbocycles. The summed E-state index contributed by atoms with van der Waals surface area (Å²) in [6, 6.07) is 7.07. The molecule has 1 aromatic carbocycles. The molecule has 2 N–H and O–H groups in total. The van der Waals surface area contributed by atoms with Gasteiger partial charge in [0.2, 0.25) is 5.71 Å². The van der Waals surface area contributed by atoms with Gasteiger partial charge in [0.25, 0.3) is 5.56 Å². The van der Waals surface area contributed by atoms with Crippen molar-refractivity contribution in [3.63, 3.8) is 0 Å². The normalized spacial score (nSPS) is 12.5. The molecule has 35 heavy (non-hydrogen) atoms. The first-order chi connectivity index (χ1) is 16.9. The highest BCUT2D eigenvalue weighted by Gasteiger charge is 2.24. The molecule has 0 atom stereocenters. The van der Waals surface area contributed by atoms with Crippen LogP contribution < -0.4 is 11.2 Å². The molecule has 3 rings (SSSR count). The zero-order valence-electron chi connectivity index (χ0n) is 19.4. The molecular weight excluding hydrogens is 491 g/mol. The lowest BCUT2D eigenvalue weighted by Crippen LogP contribution is -2.40. The molecule has 0 aliphatic rings. The first-order valence-corrected chi connectivity index (χ1v) is 12.1. The molecule has 0 saturated heterocycles. The van der Waals surface area contributed by atoms with Gasteiger partial charge in [0.1, 0.15) is 11.1 Å². The molecule has 0 fully saturated rings. The van der Waals surface area contributed by atoms with E-state index in [0.717, 1.165) is 4.57 Å². The minimum Gasteiger partial charge on any atom is -0.439 e. The maximum Gasteiger partial charge on any atom is 0.333 e. The summed E-state index contributed by atoms with van der Waals surface area (Å²) in [7, 11) is 0. The average Bonchev–Trinajstić information content (AvgIpc) is 3.21. The Morgan fingerprint density at radius 2 is 1.83 bits per heavy atom. The van der Waals surface area contributed by atoms with Crippen molar-refractivity contribution in [2.24, 2.45) is 0 Å². The summed E-state index contributed by atoms with van der Waals surface area (Å²) in [5.74, 6) is 0.435. The predicted molar refractivity (Wildman–Crippen MR) is 140 cm³/mol. The Morgan fingerprint density at radius 3 is 2.49 bits per heavy atom. The summed E-state index contributed by atoms with van der Waals surface area (Å²) in [6.45, 7) is 1.82. The highest BCUT2D eigenvalue weighted by atomic mass is 35.5. The van der Waals surface area contributed by atoms with E-state index in [1.807, 2.05) is 25.1 Å². The molecule has 0 spiro atoms. The first-order valence-electron chi connectivity index (χ1n) is 11.3. The number of nitrogens with zero attached hydrogens (tertiary/aromatic N) is 2. The van der Waals surface area contributed by atoms with Crippen LogP contribution in [0.4, 0.5) is 0 Å².